The number of halogens is 18. The number of rotatable bonds is 12. The summed E-state index contributed by atoms with van der Waals surface area (Å²) in [5.74, 6) is -52.4. The van der Waals surface area contributed by atoms with Gasteiger partial charge in [0.2, 0.25) is 0 Å². The Labute approximate surface area is 188 Å². The Kier molecular flexibility index (Phi) is 8.60. The molecular formula is C14H12F18NO2S+. The van der Waals surface area contributed by atoms with E-state index in [2.05, 4.69) is 6.58 Å². The largest absolute Gasteiger partial charge is 0.467 e. The fraction of sp³-hybridized carbons (Fsp3) is 0.857. The summed E-state index contributed by atoms with van der Waals surface area (Å²) < 4.78 is 259. The molecule has 0 aliphatic heterocycles. The molecule has 0 spiro atoms. The van der Waals surface area contributed by atoms with Crippen LogP contribution < -0.4 is 0 Å². The molecule has 0 aliphatic carbocycles. The molecule has 0 fully saturated rings. The zero-order valence-electron chi connectivity index (χ0n) is 16.9. The van der Waals surface area contributed by atoms with Gasteiger partial charge in [-0.25, -0.2) is 0 Å². The molecule has 36 heavy (non-hydrogen) atoms. The minimum atomic E-state index is -8.96. The molecular weight excluding hydrogens is 588 g/mol. The van der Waals surface area contributed by atoms with Crippen molar-refractivity contribution in [3.63, 3.8) is 0 Å². The molecule has 0 heterocycles. The quantitative estimate of drug-likeness (QED) is 0.144. The van der Waals surface area contributed by atoms with Crippen LogP contribution in [0.2, 0.25) is 0 Å². The van der Waals surface area contributed by atoms with E-state index >= 15 is 0 Å². The summed E-state index contributed by atoms with van der Waals surface area (Å²) in [4.78, 5) is 0. The van der Waals surface area contributed by atoms with Crippen LogP contribution in [0.3, 0.4) is 0 Å². The maximum absolute atomic E-state index is 14.5. The van der Waals surface area contributed by atoms with E-state index < -0.39 is 80.6 Å². The second kappa shape index (κ2) is 9.00. The summed E-state index contributed by atoms with van der Waals surface area (Å²) >= 11 is 0. The van der Waals surface area contributed by atoms with Crippen molar-refractivity contribution in [2.75, 3.05) is 13.1 Å². The van der Waals surface area contributed by atoms with Crippen molar-refractivity contribution in [3.05, 3.63) is 12.7 Å². The Morgan fingerprint density at radius 3 is 1.22 bits per heavy atom. The zero-order chi connectivity index (χ0) is 29.8. The van der Waals surface area contributed by atoms with Crippen LogP contribution in [0.15, 0.2) is 12.7 Å². The standard InChI is InChI=1S/C14H12F18NO2S/c1-3-5-33(32,6-4-2)36(34,35)14(30,31)12(25,26)10(21,22)8(17,18)7(15,16)9(19,20)11(23,24)13(27,28)29/h3H,1,4-6H2,2H3/q+1. The minimum Gasteiger partial charge on any atom is -0.192 e. The molecule has 0 aliphatic rings. The second-order valence-electron chi connectivity index (χ2n) is 6.92. The number of quaternary nitrogens is 1. The molecule has 1 atom stereocenters. The molecule has 22 heteroatoms. The zero-order valence-corrected chi connectivity index (χ0v) is 17.7. The van der Waals surface area contributed by atoms with Gasteiger partial charge in [0.25, 0.3) is 0 Å². The molecule has 0 radical (unpaired) electrons. The van der Waals surface area contributed by atoms with Crippen molar-refractivity contribution >= 4 is 10.0 Å². The van der Waals surface area contributed by atoms with Crippen molar-refractivity contribution in [2.45, 2.75) is 60.3 Å². The van der Waals surface area contributed by atoms with Gasteiger partial charge in [-0.05, 0) is 16.6 Å². The Balaban J connectivity index is 7.19. The van der Waals surface area contributed by atoms with E-state index in [-0.39, 0.29) is 6.08 Å². The Hall–Kier alpha value is -1.61. The smallest absolute Gasteiger partial charge is 0.192 e. The Morgan fingerprint density at radius 2 is 0.944 bits per heavy atom. The van der Waals surface area contributed by atoms with Gasteiger partial charge in [-0.1, -0.05) is 13.5 Å². The summed E-state index contributed by atoms with van der Waals surface area (Å²) in [6.45, 7) is -0.434. The maximum Gasteiger partial charge on any atom is 0.467 e. The van der Waals surface area contributed by atoms with Crippen molar-refractivity contribution < 1.29 is 91.6 Å². The SMILES string of the molecule is C=CC[N+](F)(CCC)S(=O)(=O)C(F)(F)C(F)(F)C(F)(F)C(F)(F)C(F)(F)C(F)(F)C(F)(F)C(F)(F)F. The second-order valence-corrected chi connectivity index (χ2v) is 9.04. The summed E-state index contributed by atoms with van der Waals surface area (Å²) in [6.07, 6.45) is -8.76. The molecule has 216 valence electrons. The topological polar surface area (TPSA) is 34.1 Å². The van der Waals surface area contributed by atoms with Crippen LogP contribution >= 0.6 is 0 Å². The highest BCUT2D eigenvalue weighted by Crippen LogP contribution is 2.64. The molecule has 0 aromatic rings. The molecule has 3 nitrogen and oxygen atoms in total. The number of sulfonamides is 1. The first-order valence-corrected chi connectivity index (χ1v) is 9.95. The lowest BCUT2D eigenvalue weighted by atomic mass is 9.91. The first-order chi connectivity index (χ1) is 15.4. The number of hydrogen-bond donors (Lipinski definition) is 0. The van der Waals surface area contributed by atoms with E-state index in [4.69, 9.17) is 0 Å². The van der Waals surface area contributed by atoms with Gasteiger partial charge in [-0.3, -0.25) is 0 Å². The van der Waals surface area contributed by atoms with E-state index in [0.717, 1.165) is 6.92 Å². The normalized spacial score (nSPS) is 17.6. The highest BCUT2D eigenvalue weighted by Gasteiger charge is 2.97. The van der Waals surface area contributed by atoms with Crippen LogP contribution in [-0.4, -0.2) is 72.6 Å². The van der Waals surface area contributed by atoms with E-state index in [9.17, 15) is 87.5 Å². The number of nitrogens with zero attached hydrogens (tertiary/aromatic N) is 1. The van der Waals surface area contributed by atoms with Gasteiger partial charge in [-0.15, -0.1) is 0 Å². The van der Waals surface area contributed by atoms with Gasteiger partial charge >= 0.3 is 57.0 Å². The summed E-state index contributed by atoms with van der Waals surface area (Å²) in [7, 11) is -7.92. The molecule has 0 bridgehead atoms. The summed E-state index contributed by atoms with van der Waals surface area (Å²) in [6, 6.07) is 0. The third-order valence-corrected chi connectivity index (χ3v) is 6.50. The molecule has 0 aromatic carbocycles. The monoisotopic (exact) mass is 600 g/mol. The van der Waals surface area contributed by atoms with Gasteiger partial charge in [0.05, 0.1) is 0 Å². The van der Waals surface area contributed by atoms with Gasteiger partial charge in [0.15, 0.2) is 6.54 Å². The molecule has 0 N–H and O–H groups in total. The predicted octanol–water partition coefficient (Wildman–Crippen LogP) is 6.58. The maximum atomic E-state index is 14.5. The molecule has 0 amide bonds. The lowest BCUT2D eigenvalue weighted by Gasteiger charge is -2.42. The lowest BCUT2D eigenvalue weighted by molar-refractivity contribution is -0.946. The molecule has 1 unspecified atom stereocenters. The van der Waals surface area contributed by atoms with E-state index in [0.29, 0.717) is 0 Å². The lowest BCUT2D eigenvalue weighted by Crippen LogP contribution is -2.75. The molecule has 0 rings (SSSR count). The predicted molar refractivity (Wildman–Crippen MR) is 81.2 cm³/mol. The van der Waals surface area contributed by atoms with E-state index in [1.165, 1.54) is 0 Å². The average Bonchev–Trinajstić information content (AvgIpc) is 2.66. The van der Waals surface area contributed by atoms with Crippen LogP contribution in [0, 0.1) is 0 Å². The Bertz CT molecular complexity index is 925. The third-order valence-electron chi connectivity index (χ3n) is 4.41. The van der Waals surface area contributed by atoms with Crippen molar-refractivity contribution in [1.82, 2.24) is 0 Å². The Morgan fingerprint density at radius 1 is 0.639 bits per heavy atom. The molecule has 0 aromatic heterocycles. The van der Waals surface area contributed by atoms with Crippen molar-refractivity contribution in [1.29, 1.82) is 0 Å². The van der Waals surface area contributed by atoms with Crippen molar-refractivity contribution in [3.8, 4) is 0 Å². The fourth-order valence-electron chi connectivity index (χ4n) is 2.35. The molecule has 0 saturated heterocycles. The van der Waals surface area contributed by atoms with Gasteiger partial charge in [-0.2, -0.15) is 83.1 Å². The number of hydrogen-bond acceptors (Lipinski definition) is 2. The van der Waals surface area contributed by atoms with Crippen molar-refractivity contribution in [2.24, 2.45) is 0 Å². The van der Waals surface area contributed by atoms with Crippen LogP contribution in [0.1, 0.15) is 13.3 Å². The molecule has 0 saturated carbocycles. The summed E-state index contributed by atoms with van der Waals surface area (Å²) in [5.41, 5.74) is 0. The third kappa shape index (κ3) is 4.18. The van der Waals surface area contributed by atoms with Gasteiger partial charge < -0.3 is 0 Å². The average molecular weight is 600 g/mol. The fourth-order valence-corrected chi connectivity index (χ4v) is 3.94. The van der Waals surface area contributed by atoms with Crippen LogP contribution in [0.4, 0.5) is 79.1 Å². The van der Waals surface area contributed by atoms with E-state index in [1.807, 2.05) is 0 Å². The van der Waals surface area contributed by atoms with Crippen LogP contribution in [-0.2, 0) is 10.0 Å². The van der Waals surface area contributed by atoms with Gasteiger partial charge in [0.1, 0.15) is 6.54 Å². The first-order valence-electron chi connectivity index (χ1n) is 8.51. The highest BCUT2D eigenvalue weighted by atomic mass is 32.2. The van der Waals surface area contributed by atoms with E-state index in [1.54, 1.807) is 0 Å². The van der Waals surface area contributed by atoms with Gasteiger partial charge in [0, 0.05) is 4.48 Å². The number of alkyl halides is 17. The minimum absolute atomic E-state index is 0.0576. The van der Waals surface area contributed by atoms with Crippen LogP contribution in [0.25, 0.3) is 0 Å². The summed E-state index contributed by atoms with van der Waals surface area (Å²) in [5, 5.41) is -7.90. The first kappa shape index (κ1) is 34.4. The van der Waals surface area contributed by atoms with Crippen LogP contribution in [0.5, 0.6) is 0 Å². The highest BCUT2D eigenvalue weighted by molar-refractivity contribution is 7.87.